The Balaban J connectivity index is 1.95. The highest BCUT2D eigenvalue weighted by atomic mass is 16.5. The van der Waals surface area contributed by atoms with E-state index < -0.39 is 0 Å². The normalized spacial score (nSPS) is 11.1. The van der Waals surface area contributed by atoms with E-state index in [0.717, 1.165) is 24.2 Å². The molecule has 1 heteroatoms. The molecule has 0 spiro atoms. The summed E-state index contributed by atoms with van der Waals surface area (Å²) in [6.45, 7) is 3.89. The quantitative estimate of drug-likeness (QED) is 0.578. The van der Waals surface area contributed by atoms with E-state index in [9.17, 15) is 0 Å². The maximum absolute atomic E-state index is 5.14. The lowest BCUT2D eigenvalue weighted by molar-refractivity contribution is 0.415. The van der Waals surface area contributed by atoms with Gasteiger partial charge in [0.15, 0.2) is 0 Å². The van der Waals surface area contributed by atoms with Crippen LogP contribution in [0.4, 0.5) is 0 Å². The first-order valence-electron chi connectivity index (χ1n) is 7.14. The average molecular weight is 276 g/mol. The summed E-state index contributed by atoms with van der Waals surface area (Å²) in [6.07, 6.45) is 3.95. The second kappa shape index (κ2) is 7.97. The first kappa shape index (κ1) is 14.9. The Kier molecular flexibility index (Phi) is 5.67. The molecule has 0 unspecified atom stereocenters. The van der Waals surface area contributed by atoms with Crippen molar-refractivity contribution >= 4 is 0 Å². The van der Waals surface area contributed by atoms with Crippen LogP contribution in [0.2, 0.25) is 0 Å². The highest BCUT2D eigenvalue weighted by Crippen LogP contribution is 2.12. The zero-order valence-electron chi connectivity index (χ0n) is 12.4. The topological polar surface area (TPSA) is 9.23 Å². The van der Waals surface area contributed by atoms with E-state index in [0.29, 0.717) is 0 Å². The number of benzene rings is 2. The third-order valence-electron chi connectivity index (χ3n) is 3.36. The number of aryl methyl sites for hydroxylation is 1. The molecule has 1 atom stereocenters. The molecule has 0 aliphatic heterocycles. The number of methoxy groups -OCH3 is 1. The van der Waals surface area contributed by atoms with Gasteiger partial charge in [0.2, 0.25) is 0 Å². The molecule has 106 valence electrons. The maximum Gasteiger partial charge on any atom is 0.118 e. The summed E-state index contributed by atoms with van der Waals surface area (Å²) >= 11 is 0. The van der Waals surface area contributed by atoms with Gasteiger partial charge in [-0.1, -0.05) is 48.2 Å². The van der Waals surface area contributed by atoms with Gasteiger partial charge in [0.05, 0.1) is 7.11 Å². The highest BCUT2D eigenvalue weighted by molar-refractivity contribution is 5.39. The van der Waals surface area contributed by atoms with Crippen LogP contribution in [0.5, 0.6) is 5.75 Å². The number of rotatable bonds is 5. The Hall–Kier alpha value is -2.46. The van der Waals surface area contributed by atoms with Crippen molar-refractivity contribution in [2.45, 2.75) is 12.8 Å². The van der Waals surface area contributed by atoms with Crippen LogP contribution in [0.25, 0.3) is 0 Å². The molecule has 0 radical (unpaired) electrons. The highest BCUT2D eigenvalue weighted by Gasteiger charge is 2.00. The van der Waals surface area contributed by atoms with Crippen LogP contribution in [0.1, 0.15) is 17.5 Å². The molecule has 0 saturated carbocycles. The fraction of sp³-hybridized carbons (Fsp3) is 0.200. The molecule has 0 aliphatic carbocycles. The van der Waals surface area contributed by atoms with Gasteiger partial charge in [0, 0.05) is 11.5 Å². The van der Waals surface area contributed by atoms with Crippen molar-refractivity contribution in [1.29, 1.82) is 0 Å². The molecule has 0 aromatic heterocycles. The molecule has 0 fully saturated rings. The summed E-state index contributed by atoms with van der Waals surface area (Å²) in [7, 11) is 1.66. The minimum absolute atomic E-state index is 0.215. The minimum atomic E-state index is 0.215. The van der Waals surface area contributed by atoms with E-state index >= 15 is 0 Å². The van der Waals surface area contributed by atoms with Gasteiger partial charge < -0.3 is 4.74 Å². The first-order valence-corrected chi connectivity index (χ1v) is 7.14. The van der Waals surface area contributed by atoms with Crippen molar-refractivity contribution in [2.24, 2.45) is 5.92 Å². The minimum Gasteiger partial charge on any atom is -0.497 e. The summed E-state index contributed by atoms with van der Waals surface area (Å²) < 4.78 is 5.14. The van der Waals surface area contributed by atoms with Crippen LogP contribution in [0.15, 0.2) is 67.3 Å². The van der Waals surface area contributed by atoms with Crippen molar-refractivity contribution in [2.75, 3.05) is 7.11 Å². The van der Waals surface area contributed by atoms with Crippen LogP contribution < -0.4 is 4.74 Å². The third-order valence-corrected chi connectivity index (χ3v) is 3.36. The SMILES string of the molecule is C=C[C@H](C#Cc1ccc(OC)cc1)CCc1ccccc1. The molecule has 0 aliphatic rings. The molecule has 0 bridgehead atoms. The fourth-order valence-corrected chi connectivity index (χ4v) is 2.07. The van der Waals surface area contributed by atoms with Crippen molar-refractivity contribution < 1.29 is 4.74 Å². The molecular formula is C20H20O. The zero-order chi connectivity index (χ0) is 14.9. The van der Waals surface area contributed by atoms with Crippen molar-refractivity contribution in [1.82, 2.24) is 0 Å². The number of ether oxygens (including phenoxy) is 1. The van der Waals surface area contributed by atoms with E-state index in [1.807, 2.05) is 36.4 Å². The molecule has 2 aromatic rings. The van der Waals surface area contributed by atoms with E-state index in [-0.39, 0.29) is 5.92 Å². The van der Waals surface area contributed by atoms with Crippen molar-refractivity contribution in [3.63, 3.8) is 0 Å². The van der Waals surface area contributed by atoms with Crippen LogP contribution >= 0.6 is 0 Å². The van der Waals surface area contributed by atoms with Crippen LogP contribution in [-0.4, -0.2) is 7.11 Å². The molecule has 21 heavy (non-hydrogen) atoms. The van der Waals surface area contributed by atoms with Gasteiger partial charge in [-0.15, -0.1) is 6.58 Å². The van der Waals surface area contributed by atoms with Gasteiger partial charge >= 0.3 is 0 Å². The van der Waals surface area contributed by atoms with E-state index in [2.05, 4.69) is 42.7 Å². The Morgan fingerprint density at radius 1 is 1.10 bits per heavy atom. The standard InChI is InChI=1S/C20H20O/c1-3-17(9-11-18-7-5-4-6-8-18)10-12-19-13-15-20(21-2)16-14-19/h3-8,13-17H,1,9,11H2,2H3/t17-/m0/s1. The lowest BCUT2D eigenvalue weighted by Gasteiger charge is -2.05. The molecule has 0 amide bonds. The molecule has 0 heterocycles. The summed E-state index contributed by atoms with van der Waals surface area (Å²) in [5.74, 6) is 7.56. The van der Waals surface area contributed by atoms with Gasteiger partial charge in [-0.2, -0.15) is 0 Å². The van der Waals surface area contributed by atoms with Crippen LogP contribution in [-0.2, 0) is 6.42 Å². The van der Waals surface area contributed by atoms with E-state index in [4.69, 9.17) is 4.74 Å². The molecule has 0 N–H and O–H groups in total. The van der Waals surface area contributed by atoms with Gasteiger partial charge in [-0.3, -0.25) is 0 Å². The Bertz CT molecular complexity index is 614. The van der Waals surface area contributed by atoms with Gasteiger partial charge in [0.25, 0.3) is 0 Å². The summed E-state index contributed by atoms with van der Waals surface area (Å²) in [4.78, 5) is 0. The fourth-order valence-electron chi connectivity index (χ4n) is 2.07. The number of hydrogen-bond donors (Lipinski definition) is 0. The largest absolute Gasteiger partial charge is 0.497 e. The molecular weight excluding hydrogens is 256 g/mol. The third kappa shape index (κ3) is 4.85. The van der Waals surface area contributed by atoms with Gasteiger partial charge in [-0.05, 0) is 42.7 Å². The monoisotopic (exact) mass is 276 g/mol. The zero-order valence-corrected chi connectivity index (χ0v) is 12.4. The summed E-state index contributed by atoms with van der Waals surface area (Å²) in [5.41, 5.74) is 2.35. The maximum atomic E-state index is 5.14. The Labute approximate surface area is 127 Å². The van der Waals surface area contributed by atoms with Crippen molar-refractivity contribution in [3.8, 4) is 17.6 Å². The summed E-state index contributed by atoms with van der Waals surface area (Å²) in [5, 5.41) is 0. The second-order valence-corrected chi connectivity index (χ2v) is 4.86. The number of hydrogen-bond acceptors (Lipinski definition) is 1. The lowest BCUT2D eigenvalue weighted by atomic mass is 9.99. The lowest BCUT2D eigenvalue weighted by Crippen LogP contribution is -1.95. The predicted molar refractivity (Wildman–Crippen MR) is 88.3 cm³/mol. The molecule has 1 nitrogen and oxygen atoms in total. The predicted octanol–water partition coefficient (Wildman–Crippen LogP) is 4.48. The molecule has 0 saturated heterocycles. The van der Waals surface area contributed by atoms with Crippen LogP contribution in [0, 0.1) is 17.8 Å². The average Bonchev–Trinajstić information content (AvgIpc) is 2.56. The Morgan fingerprint density at radius 3 is 2.43 bits per heavy atom. The number of allylic oxidation sites excluding steroid dienone is 1. The smallest absolute Gasteiger partial charge is 0.118 e. The first-order chi connectivity index (χ1) is 10.3. The van der Waals surface area contributed by atoms with Gasteiger partial charge in [0.1, 0.15) is 5.75 Å². The van der Waals surface area contributed by atoms with Gasteiger partial charge in [-0.25, -0.2) is 0 Å². The van der Waals surface area contributed by atoms with E-state index in [1.165, 1.54) is 5.56 Å². The summed E-state index contributed by atoms with van der Waals surface area (Å²) in [6, 6.07) is 18.3. The Morgan fingerprint density at radius 2 is 1.81 bits per heavy atom. The van der Waals surface area contributed by atoms with E-state index in [1.54, 1.807) is 7.11 Å². The van der Waals surface area contributed by atoms with Crippen molar-refractivity contribution in [3.05, 3.63) is 78.4 Å². The molecule has 2 rings (SSSR count). The van der Waals surface area contributed by atoms with Crippen LogP contribution in [0.3, 0.4) is 0 Å². The molecule has 2 aromatic carbocycles. The second-order valence-electron chi connectivity index (χ2n) is 4.86.